The van der Waals surface area contributed by atoms with Gasteiger partial charge in [0.25, 0.3) is 5.91 Å². The number of anilines is 1. The lowest BCUT2D eigenvalue weighted by atomic mass is 10.2. The standard InChI is InChI=1S/C20H19BrN2O4/c1-12-18(19(21)13(2)27-12)20(24)23-15-4-5-16(25-3)17(10-15)26-11-14-6-8-22-9-7-14/h4-10H,11H2,1-3H3,(H,23,24). The van der Waals surface area contributed by atoms with Gasteiger partial charge in [0.2, 0.25) is 0 Å². The van der Waals surface area contributed by atoms with Gasteiger partial charge in [-0.2, -0.15) is 0 Å². The van der Waals surface area contributed by atoms with E-state index >= 15 is 0 Å². The van der Waals surface area contributed by atoms with Crippen LogP contribution in [0.2, 0.25) is 0 Å². The summed E-state index contributed by atoms with van der Waals surface area (Å²) in [5.41, 5.74) is 2.05. The van der Waals surface area contributed by atoms with Gasteiger partial charge in [0.1, 0.15) is 18.1 Å². The van der Waals surface area contributed by atoms with Gasteiger partial charge in [-0.05, 0) is 59.6 Å². The van der Waals surface area contributed by atoms with Crippen LogP contribution < -0.4 is 14.8 Å². The van der Waals surface area contributed by atoms with E-state index in [2.05, 4.69) is 26.2 Å². The molecule has 0 spiro atoms. The summed E-state index contributed by atoms with van der Waals surface area (Å²) in [4.78, 5) is 16.6. The van der Waals surface area contributed by atoms with E-state index in [0.29, 0.717) is 45.3 Å². The maximum Gasteiger partial charge on any atom is 0.260 e. The van der Waals surface area contributed by atoms with Crippen LogP contribution in [0.1, 0.15) is 27.4 Å². The Morgan fingerprint density at radius 3 is 2.52 bits per heavy atom. The Bertz CT molecular complexity index is 954. The first kappa shape index (κ1) is 19.0. The van der Waals surface area contributed by atoms with Crippen LogP contribution in [0.25, 0.3) is 0 Å². The van der Waals surface area contributed by atoms with Crippen molar-refractivity contribution < 1.29 is 18.7 Å². The Morgan fingerprint density at radius 1 is 1.15 bits per heavy atom. The van der Waals surface area contributed by atoms with Crippen molar-refractivity contribution in [3.05, 3.63) is 69.8 Å². The normalized spacial score (nSPS) is 10.5. The largest absolute Gasteiger partial charge is 0.493 e. The smallest absolute Gasteiger partial charge is 0.260 e. The molecule has 0 aliphatic heterocycles. The highest BCUT2D eigenvalue weighted by atomic mass is 79.9. The quantitative estimate of drug-likeness (QED) is 0.602. The number of nitrogens with zero attached hydrogens (tertiary/aromatic N) is 1. The van der Waals surface area contributed by atoms with Crippen molar-refractivity contribution in [2.75, 3.05) is 12.4 Å². The second-order valence-electron chi connectivity index (χ2n) is 5.87. The van der Waals surface area contributed by atoms with E-state index in [9.17, 15) is 4.79 Å². The fourth-order valence-corrected chi connectivity index (χ4v) is 3.16. The molecule has 0 aliphatic rings. The van der Waals surface area contributed by atoms with E-state index in [0.717, 1.165) is 5.56 Å². The summed E-state index contributed by atoms with van der Waals surface area (Å²) in [7, 11) is 1.57. The molecule has 3 rings (SSSR count). The first-order valence-corrected chi connectivity index (χ1v) is 9.05. The predicted octanol–water partition coefficient (Wildman–Crippen LogP) is 4.89. The number of carbonyl (C=O) groups is 1. The van der Waals surface area contributed by atoms with Gasteiger partial charge < -0.3 is 19.2 Å². The van der Waals surface area contributed by atoms with Gasteiger partial charge in [-0.25, -0.2) is 0 Å². The SMILES string of the molecule is COc1ccc(NC(=O)c2c(C)oc(C)c2Br)cc1OCc1ccncc1. The number of methoxy groups -OCH3 is 1. The zero-order chi connectivity index (χ0) is 19.4. The summed E-state index contributed by atoms with van der Waals surface area (Å²) in [5, 5.41) is 2.87. The number of hydrogen-bond acceptors (Lipinski definition) is 5. The summed E-state index contributed by atoms with van der Waals surface area (Å²) in [6, 6.07) is 8.99. The van der Waals surface area contributed by atoms with Crippen molar-refractivity contribution >= 4 is 27.5 Å². The average molecular weight is 431 g/mol. The molecule has 7 heteroatoms. The van der Waals surface area contributed by atoms with Crippen LogP contribution in [-0.4, -0.2) is 18.0 Å². The number of amides is 1. The molecule has 1 aromatic carbocycles. The molecule has 0 bridgehead atoms. The Labute approximate surface area is 165 Å². The molecule has 0 unspecified atom stereocenters. The van der Waals surface area contributed by atoms with Crippen molar-refractivity contribution in [3.63, 3.8) is 0 Å². The van der Waals surface area contributed by atoms with E-state index in [-0.39, 0.29) is 5.91 Å². The molecule has 3 aromatic rings. The minimum Gasteiger partial charge on any atom is -0.493 e. The second-order valence-corrected chi connectivity index (χ2v) is 6.66. The van der Waals surface area contributed by atoms with Crippen molar-refractivity contribution in [2.24, 2.45) is 0 Å². The Balaban J connectivity index is 1.79. The van der Waals surface area contributed by atoms with Crippen LogP contribution in [0.3, 0.4) is 0 Å². The average Bonchev–Trinajstić information content (AvgIpc) is 2.92. The molecule has 0 saturated heterocycles. The number of aryl methyl sites for hydroxylation is 2. The third-order valence-electron chi connectivity index (χ3n) is 3.98. The zero-order valence-electron chi connectivity index (χ0n) is 15.2. The number of rotatable bonds is 6. The summed E-state index contributed by atoms with van der Waals surface area (Å²) < 4.78 is 17.4. The lowest BCUT2D eigenvalue weighted by Gasteiger charge is -2.13. The van der Waals surface area contributed by atoms with E-state index in [4.69, 9.17) is 13.9 Å². The minimum atomic E-state index is -0.263. The number of benzene rings is 1. The third-order valence-corrected chi connectivity index (χ3v) is 4.93. The summed E-state index contributed by atoms with van der Waals surface area (Å²) in [5.74, 6) is 2.07. The molecule has 1 N–H and O–H groups in total. The highest BCUT2D eigenvalue weighted by Crippen LogP contribution is 2.32. The van der Waals surface area contributed by atoms with E-state index in [1.165, 1.54) is 0 Å². The highest BCUT2D eigenvalue weighted by molar-refractivity contribution is 9.10. The fourth-order valence-electron chi connectivity index (χ4n) is 2.62. The van der Waals surface area contributed by atoms with Crippen LogP contribution in [-0.2, 0) is 6.61 Å². The number of furan rings is 1. The van der Waals surface area contributed by atoms with Crippen molar-refractivity contribution in [1.82, 2.24) is 4.98 Å². The van der Waals surface area contributed by atoms with Crippen LogP contribution in [0.15, 0.2) is 51.6 Å². The van der Waals surface area contributed by atoms with Crippen molar-refractivity contribution in [2.45, 2.75) is 20.5 Å². The lowest BCUT2D eigenvalue weighted by Crippen LogP contribution is -2.13. The Kier molecular flexibility index (Phi) is 5.81. The highest BCUT2D eigenvalue weighted by Gasteiger charge is 2.20. The van der Waals surface area contributed by atoms with Gasteiger partial charge in [-0.3, -0.25) is 9.78 Å². The number of aromatic nitrogens is 1. The number of pyridine rings is 1. The van der Waals surface area contributed by atoms with Gasteiger partial charge >= 0.3 is 0 Å². The number of ether oxygens (including phenoxy) is 2. The summed E-state index contributed by atoms with van der Waals surface area (Å²) >= 11 is 3.40. The van der Waals surface area contributed by atoms with Gasteiger partial charge in [0.15, 0.2) is 11.5 Å². The zero-order valence-corrected chi connectivity index (χ0v) is 16.8. The number of nitrogens with one attached hydrogen (secondary N) is 1. The molecule has 6 nitrogen and oxygen atoms in total. The topological polar surface area (TPSA) is 73.6 Å². The second kappa shape index (κ2) is 8.26. The van der Waals surface area contributed by atoms with E-state index in [1.54, 1.807) is 51.6 Å². The van der Waals surface area contributed by atoms with Gasteiger partial charge in [0, 0.05) is 24.1 Å². The van der Waals surface area contributed by atoms with E-state index in [1.807, 2.05) is 12.1 Å². The molecular formula is C20H19BrN2O4. The maximum atomic E-state index is 12.6. The first-order valence-electron chi connectivity index (χ1n) is 8.26. The molecular weight excluding hydrogens is 412 g/mol. The molecule has 27 heavy (non-hydrogen) atoms. The van der Waals surface area contributed by atoms with Crippen molar-refractivity contribution in [3.8, 4) is 11.5 Å². The van der Waals surface area contributed by atoms with Crippen molar-refractivity contribution in [1.29, 1.82) is 0 Å². The number of halogens is 1. The van der Waals surface area contributed by atoms with Crippen LogP contribution in [0.5, 0.6) is 11.5 Å². The van der Waals surface area contributed by atoms with E-state index < -0.39 is 0 Å². The predicted molar refractivity (Wildman–Crippen MR) is 105 cm³/mol. The number of hydrogen-bond donors (Lipinski definition) is 1. The maximum absolute atomic E-state index is 12.6. The van der Waals surface area contributed by atoms with Gasteiger partial charge in [-0.1, -0.05) is 0 Å². The molecule has 140 valence electrons. The van der Waals surface area contributed by atoms with Gasteiger partial charge in [-0.15, -0.1) is 0 Å². The van der Waals surface area contributed by atoms with Crippen LogP contribution in [0.4, 0.5) is 5.69 Å². The monoisotopic (exact) mass is 430 g/mol. The molecule has 0 fully saturated rings. The lowest BCUT2D eigenvalue weighted by molar-refractivity contribution is 0.102. The minimum absolute atomic E-state index is 0.263. The summed E-state index contributed by atoms with van der Waals surface area (Å²) in [6.07, 6.45) is 3.42. The first-order chi connectivity index (χ1) is 13.0. The number of carbonyl (C=O) groups excluding carboxylic acids is 1. The molecule has 0 atom stereocenters. The molecule has 2 heterocycles. The molecule has 0 radical (unpaired) electrons. The van der Waals surface area contributed by atoms with Crippen LogP contribution >= 0.6 is 15.9 Å². The third kappa shape index (κ3) is 4.31. The molecule has 0 aliphatic carbocycles. The Morgan fingerprint density at radius 2 is 1.89 bits per heavy atom. The van der Waals surface area contributed by atoms with Gasteiger partial charge in [0.05, 0.1) is 17.1 Å². The summed E-state index contributed by atoms with van der Waals surface area (Å²) in [6.45, 7) is 3.91. The molecule has 0 saturated carbocycles. The van der Waals surface area contributed by atoms with Crippen LogP contribution in [0, 0.1) is 13.8 Å². The molecule has 2 aromatic heterocycles. The fraction of sp³-hybridized carbons (Fsp3) is 0.200. The Hall–Kier alpha value is -2.80. The molecule has 1 amide bonds.